The molecule has 0 aliphatic carbocycles. The van der Waals surface area contributed by atoms with Crippen LogP contribution in [0.2, 0.25) is 0 Å². The molecule has 110 valence electrons. The highest BCUT2D eigenvalue weighted by Crippen LogP contribution is 2.08. The van der Waals surface area contributed by atoms with Gasteiger partial charge < -0.3 is 0 Å². The van der Waals surface area contributed by atoms with Gasteiger partial charge in [0.2, 0.25) is 0 Å². The lowest BCUT2D eigenvalue weighted by atomic mass is 10.3. The molecule has 0 bridgehead atoms. The fraction of sp³-hybridized carbons (Fsp3) is 0.200. The first-order chi connectivity index (χ1) is 10.7. The van der Waals surface area contributed by atoms with Crippen molar-refractivity contribution in [3.63, 3.8) is 0 Å². The van der Waals surface area contributed by atoms with Crippen molar-refractivity contribution < 1.29 is 4.68 Å². The molecule has 0 radical (unpaired) electrons. The van der Waals surface area contributed by atoms with Gasteiger partial charge in [-0.25, -0.2) is 4.98 Å². The average molecular weight is 295 g/mol. The Morgan fingerprint density at radius 3 is 2.36 bits per heavy atom. The van der Waals surface area contributed by atoms with Crippen molar-refractivity contribution >= 4 is 0 Å². The van der Waals surface area contributed by atoms with Crippen molar-refractivity contribution in [3.05, 3.63) is 59.3 Å². The Balaban J connectivity index is 2.26. The Hall–Kier alpha value is -2.96. The number of nitrogens with zero attached hydrogens (tertiary/aromatic N) is 6. The average Bonchev–Trinajstić information content (AvgIpc) is 2.56. The molecular formula is C15H15N6O+. The molecule has 0 saturated heterocycles. The Bertz CT molecular complexity index is 830. The smallest absolute Gasteiger partial charge is 0.253 e. The van der Waals surface area contributed by atoms with Crippen molar-refractivity contribution in [1.82, 2.24) is 24.8 Å². The van der Waals surface area contributed by atoms with E-state index in [2.05, 4.69) is 20.2 Å². The van der Waals surface area contributed by atoms with Crippen molar-refractivity contribution in [2.45, 2.75) is 19.9 Å². The van der Waals surface area contributed by atoms with Gasteiger partial charge in [0.05, 0.1) is 0 Å². The van der Waals surface area contributed by atoms with Crippen LogP contribution in [0.1, 0.15) is 19.9 Å². The summed E-state index contributed by atoms with van der Waals surface area (Å²) in [6.45, 7) is 3.78. The van der Waals surface area contributed by atoms with Crippen LogP contribution in [-0.4, -0.2) is 24.8 Å². The summed E-state index contributed by atoms with van der Waals surface area (Å²) in [5, 5.41) is 8.61. The van der Waals surface area contributed by atoms with Crippen LogP contribution in [0.15, 0.2) is 53.6 Å². The van der Waals surface area contributed by atoms with Gasteiger partial charge in [0.15, 0.2) is 0 Å². The molecule has 3 rings (SSSR count). The van der Waals surface area contributed by atoms with Crippen molar-refractivity contribution in [2.75, 3.05) is 0 Å². The molecule has 0 aliphatic heterocycles. The third kappa shape index (κ3) is 2.60. The molecule has 22 heavy (non-hydrogen) atoms. The lowest BCUT2D eigenvalue weighted by Gasteiger charge is -2.04. The molecule has 3 heterocycles. The molecule has 0 spiro atoms. The lowest BCUT2D eigenvalue weighted by molar-refractivity contribution is -0.787. The van der Waals surface area contributed by atoms with Crippen LogP contribution in [-0.2, 0) is 0 Å². The van der Waals surface area contributed by atoms with Gasteiger partial charge in [0.25, 0.3) is 11.6 Å². The van der Waals surface area contributed by atoms with E-state index in [1.54, 1.807) is 36.7 Å². The van der Waals surface area contributed by atoms with E-state index in [0.29, 0.717) is 17.3 Å². The molecule has 3 aromatic heterocycles. The second-order valence-corrected chi connectivity index (χ2v) is 4.96. The first kappa shape index (κ1) is 14.0. The van der Waals surface area contributed by atoms with E-state index in [4.69, 9.17) is 0 Å². The summed E-state index contributed by atoms with van der Waals surface area (Å²) in [6.07, 6.45) is 3.28. The van der Waals surface area contributed by atoms with Crippen LogP contribution in [0.25, 0.3) is 17.3 Å². The van der Waals surface area contributed by atoms with E-state index >= 15 is 0 Å². The predicted molar refractivity (Wildman–Crippen MR) is 79.2 cm³/mol. The minimum Gasteiger partial charge on any atom is -0.253 e. The Morgan fingerprint density at radius 2 is 1.77 bits per heavy atom. The summed E-state index contributed by atoms with van der Waals surface area (Å²) in [7, 11) is 0. The Morgan fingerprint density at radius 1 is 1.05 bits per heavy atom. The minimum absolute atomic E-state index is 0.104. The van der Waals surface area contributed by atoms with E-state index in [1.807, 2.05) is 26.0 Å². The quantitative estimate of drug-likeness (QED) is 0.672. The van der Waals surface area contributed by atoms with Gasteiger partial charge in [0.1, 0.15) is 11.7 Å². The SMILES string of the molecule is CC(C)[n+]1nc(-c2ccccn2)nn(-c2ccccn2)c1=O. The molecule has 0 N–H and O–H groups in total. The number of hydrogen-bond donors (Lipinski definition) is 0. The third-order valence-electron chi connectivity index (χ3n) is 3.02. The third-order valence-corrected chi connectivity index (χ3v) is 3.02. The van der Waals surface area contributed by atoms with E-state index in [-0.39, 0.29) is 11.7 Å². The highest BCUT2D eigenvalue weighted by Gasteiger charge is 2.23. The monoisotopic (exact) mass is 295 g/mol. The second kappa shape index (κ2) is 5.80. The van der Waals surface area contributed by atoms with E-state index in [1.165, 1.54) is 9.36 Å². The van der Waals surface area contributed by atoms with Gasteiger partial charge in [-0.2, -0.15) is 4.79 Å². The first-order valence-electron chi connectivity index (χ1n) is 6.93. The Kier molecular flexibility index (Phi) is 3.69. The summed E-state index contributed by atoms with van der Waals surface area (Å²) in [5.41, 5.74) is 0.259. The maximum absolute atomic E-state index is 12.5. The van der Waals surface area contributed by atoms with Crippen molar-refractivity contribution in [1.29, 1.82) is 0 Å². The zero-order valence-electron chi connectivity index (χ0n) is 12.3. The zero-order valence-corrected chi connectivity index (χ0v) is 12.3. The van der Waals surface area contributed by atoms with Crippen molar-refractivity contribution in [2.24, 2.45) is 0 Å². The fourth-order valence-corrected chi connectivity index (χ4v) is 1.96. The van der Waals surface area contributed by atoms with Gasteiger partial charge in [-0.3, -0.25) is 4.98 Å². The van der Waals surface area contributed by atoms with Crippen LogP contribution in [0.5, 0.6) is 0 Å². The molecule has 0 fully saturated rings. The maximum atomic E-state index is 12.5. The predicted octanol–water partition coefficient (Wildman–Crippen LogP) is 0.953. The van der Waals surface area contributed by atoms with Gasteiger partial charge >= 0.3 is 5.69 Å². The van der Waals surface area contributed by atoms with Crippen LogP contribution >= 0.6 is 0 Å². The lowest BCUT2D eigenvalue weighted by Crippen LogP contribution is -2.59. The highest BCUT2D eigenvalue weighted by molar-refractivity contribution is 5.46. The molecule has 0 aliphatic rings. The van der Waals surface area contributed by atoms with E-state index in [9.17, 15) is 4.79 Å². The summed E-state index contributed by atoms with van der Waals surface area (Å²) in [6, 6.07) is 10.7. The van der Waals surface area contributed by atoms with Crippen LogP contribution in [0.3, 0.4) is 0 Å². The number of pyridine rings is 2. The van der Waals surface area contributed by atoms with E-state index in [0.717, 1.165) is 0 Å². The minimum atomic E-state index is -0.339. The number of rotatable bonds is 3. The van der Waals surface area contributed by atoms with E-state index < -0.39 is 0 Å². The van der Waals surface area contributed by atoms with Crippen LogP contribution < -0.4 is 10.4 Å². The van der Waals surface area contributed by atoms with Gasteiger partial charge in [-0.05, 0) is 41.8 Å². The molecule has 0 aromatic carbocycles. The highest BCUT2D eigenvalue weighted by atomic mass is 16.2. The summed E-state index contributed by atoms with van der Waals surface area (Å²) < 4.78 is 2.63. The Labute approximate surface area is 126 Å². The normalized spacial score (nSPS) is 10.9. The molecule has 0 saturated carbocycles. The molecule has 0 amide bonds. The molecule has 0 unspecified atom stereocenters. The standard InChI is InChI=1S/C15H15N6O/c1-11(2)20-15(22)21(13-8-4-6-10-17-13)19-14(18-20)12-7-3-5-9-16-12/h3-11H,1-2H3/q+1. The van der Waals surface area contributed by atoms with Crippen LogP contribution in [0, 0.1) is 0 Å². The number of hydrogen-bond acceptors (Lipinski definition) is 5. The summed E-state index contributed by atoms with van der Waals surface area (Å²) >= 11 is 0. The first-order valence-corrected chi connectivity index (χ1v) is 6.93. The topological polar surface area (TPSA) is 77.4 Å². The molecular weight excluding hydrogens is 280 g/mol. The van der Waals surface area contributed by atoms with Gasteiger partial charge in [-0.1, -0.05) is 21.9 Å². The molecule has 3 aromatic rings. The van der Waals surface area contributed by atoms with Gasteiger partial charge in [-0.15, -0.1) is 0 Å². The molecule has 7 heteroatoms. The largest absolute Gasteiger partial charge is 0.546 e. The summed E-state index contributed by atoms with van der Waals surface area (Å²) in [4.78, 5) is 21.0. The second-order valence-electron chi connectivity index (χ2n) is 4.96. The number of aromatic nitrogens is 6. The zero-order chi connectivity index (χ0) is 15.5. The molecule has 0 atom stereocenters. The summed E-state index contributed by atoms with van der Waals surface area (Å²) in [5.74, 6) is 0.820. The maximum Gasteiger partial charge on any atom is 0.546 e. The molecule has 7 nitrogen and oxygen atoms in total. The van der Waals surface area contributed by atoms with Crippen LogP contribution in [0.4, 0.5) is 0 Å². The fourth-order valence-electron chi connectivity index (χ4n) is 1.96. The van der Waals surface area contributed by atoms with Gasteiger partial charge in [0, 0.05) is 18.5 Å². The van der Waals surface area contributed by atoms with Crippen molar-refractivity contribution in [3.8, 4) is 17.3 Å².